The monoisotopic (exact) mass is 534 g/mol. The maximum Gasteiger partial charge on any atom is 0.573 e. The molecule has 2 fully saturated rings. The summed E-state index contributed by atoms with van der Waals surface area (Å²) in [6, 6.07) is 7.67. The fourth-order valence-electron chi connectivity index (χ4n) is 4.56. The number of carbonyl (C=O) groups excluding carboxylic acids is 1. The number of rotatable bonds is 9. The van der Waals surface area contributed by atoms with E-state index in [1.807, 2.05) is 0 Å². The van der Waals surface area contributed by atoms with Crippen molar-refractivity contribution in [2.75, 3.05) is 31.5 Å². The predicted octanol–water partition coefficient (Wildman–Crippen LogP) is 3.12. The molecule has 1 aromatic carbocycles. The van der Waals surface area contributed by atoms with Crippen LogP contribution in [0.5, 0.6) is 5.75 Å². The van der Waals surface area contributed by atoms with E-state index in [0.29, 0.717) is 48.8 Å². The third kappa shape index (κ3) is 7.79. The second kappa shape index (κ2) is 11.6. The van der Waals surface area contributed by atoms with Gasteiger partial charge in [0.05, 0.1) is 19.1 Å². The van der Waals surface area contributed by atoms with Crippen LogP contribution in [0.2, 0.25) is 0 Å². The Balaban J connectivity index is 0.000000360. The first-order valence-corrected chi connectivity index (χ1v) is 11.8. The number of carboxylic acids is 1. The summed E-state index contributed by atoms with van der Waals surface area (Å²) in [5.74, 6) is 0.841. The summed E-state index contributed by atoms with van der Waals surface area (Å²) in [4.78, 5) is 30.2. The van der Waals surface area contributed by atoms with Gasteiger partial charge in [-0.25, -0.2) is 9.78 Å². The van der Waals surface area contributed by atoms with Crippen molar-refractivity contribution in [1.82, 2.24) is 24.6 Å². The lowest BCUT2D eigenvalue weighted by atomic mass is 10.2. The molecule has 2 atom stereocenters. The first kappa shape index (κ1) is 27.1. The Morgan fingerprint density at radius 1 is 1.26 bits per heavy atom. The third-order valence-electron chi connectivity index (χ3n) is 6.29. The molecule has 11 nitrogen and oxygen atoms in total. The maximum atomic E-state index is 12.3. The number of hydrogen-bond acceptors (Lipinski definition) is 6. The number of H-pyrrole nitrogens is 1. The van der Waals surface area contributed by atoms with Gasteiger partial charge in [-0.1, -0.05) is 23.6 Å². The fraction of sp³-hybridized carbons (Fsp3) is 0.417. The highest BCUT2D eigenvalue weighted by Crippen LogP contribution is 2.52. The molecule has 1 aliphatic heterocycles. The molecule has 0 radical (unpaired) electrons. The van der Waals surface area contributed by atoms with Gasteiger partial charge in [-0.15, -0.1) is 26.3 Å². The van der Waals surface area contributed by atoms with Crippen LogP contribution in [0, 0.1) is 17.8 Å². The number of halogens is 3. The number of nitrogens with one attached hydrogen (secondary N) is 2. The van der Waals surface area contributed by atoms with Gasteiger partial charge in [0.25, 0.3) is 0 Å². The number of aromatic nitrogens is 4. The molecule has 2 aliphatic rings. The molecule has 3 heterocycles. The first-order chi connectivity index (χ1) is 18.1. The molecule has 1 saturated carbocycles. The standard InChI is InChI=1S/C20H23F3N5O2.C4H4N2O2/c1-27-6-5-18(26-27)25-19(29)12-28-10-16-15(17(16)11-28)9-24-8-13-3-2-4-14(7-13)30-20(21,22)23;7-4(8)3-1-5-2-6-3/h2-7,15-17H,8-12H2,1H3,(H,25,26,29);1-2H,(H,5,6)(H,7,8)/q-1;. The number of carboxylic acid groups (broad SMARTS) is 1. The number of amides is 1. The highest BCUT2D eigenvalue weighted by Gasteiger charge is 2.53. The normalized spacial score (nSPS) is 20.3. The maximum absolute atomic E-state index is 12.3. The molecular weight excluding hydrogens is 507 g/mol. The van der Waals surface area contributed by atoms with Crippen molar-refractivity contribution < 1.29 is 32.6 Å². The van der Waals surface area contributed by atoms with E-state index in [2.05, 4.69) is 35.3 Å². The van der Waals surface area contributed by atoms with E-state index in [4.69, 9.17) is 5.11 Å². The zero-order valence-corrected chi connectivity index (χ0v) is 20.4. The largest absolute Gasteiger partial charge is 0.658 e. The van der Waals surface area contributed by atoms with Crippen LogP contribution in [0.4, 0.5) is 19.0 Å². The second-order valence-corrected chi connectivity index (χ2v) is 9.14. The van der Waals surface area contributed by atoms with Crippen LogP contribution >= 0.6 is 0 Å². The Bertz CT molecular complexity index is 1220. The number of fused-ring (bicyclic) bond motifs is 1. The zero-order chi connectivity index (χ0) is 27.3. The smallest absolute Gasteiger partial charge is 0.573 e. The first-order valence-electron chi connectivity index (χ1n) is 11.8. The van der Waals surface area contributed by atoms with Gasteiger partial charge >= 0.3 is 12.3 Å². The number of piperidine rings is 1. The van der Waals surface area contributed by atoms with Crippen LogP contribution in [0.3, 0.4) is 0 Å². The average molecular weight is 535 g/mol. The molecule has 204 valence electrons. The number of benzene rings is 1. The third-order valence-corrected chi connectivity index (χ3v) is 6.29. The molecule has 1 aliphatic carbocycles. The van der Waals surface area contributed by atoms with Gasteiger partial charge in [-0.2, -0.15) is 5.10 Å². The van der Waals surface area contributed by atoms with Crippen molar-refractivity contribution in [3.8, 4) is 5.75 Å². The lowest BCUT2D eigenvalue weighted by molar-refractivity contribution is -0.274. The molecule has 5 rings (SSSR count). The van der Waals surface area contributed by atoms with E-state index in [1.54, 1.807) is 30.1 Å². The number of ether oxygens (including phenoxy) is 1. The summed E-state index contributed by atoms with van der Waals surface area (Å²) in [7, 11) is 1.79. The van der Waals surface area contributed by atoms with Crippen molar-refractivity contribution in [3.63, 3.8) is 0 Å². The SMILES string of the molecule is Cn1ccc(NC(=O)CN2CC3C(C[N-]Cc4cccc(OC(F)(F)F)c4)C3C2)n1.O=C(O)c1cnc[nH]1. The number of carbonyl (C=O) groups is 2. The molecule has 3 aromatic rings. The summed E-state index contributed by atoms with van der Waals surface area (Å²) in [5, 5.41) is 19.6. The summed E-state index contributed by atoms with van der Waals surface area (Å²) < 4.78 is 42.5. The van der Waals surface area contributed by atoms with Crippen molar-refractivity contribution in [3.05, 3.63) is 65.6 Å². The minimum absolute atomic E-state index is 0.0720. The lowest BCUT2D eigenvalue weighted by Crippen LogP contribution is -2.34. The van der Waals surface area contributed by atoms with Crippen LogP contribution in [0.25, 0.3) is 5.32 Å². The van der Waals surface area contributed by atoms with Crippen LogP contribution < -0.4 is 10.1 Å². The second-order valence-electron chi connectivity index (χ2n) is 9.14. The van der Waals surface area contributed by atoms with Gasteiger partial charge in [0.1, 0.15) is 11.4 Å². The number of hydrogen-bond donors (Lipinski definition) is 3. The minimum atomic E-state index is -4.69. The Kier molecular flexibility index (Phi) is 8.32. The number of likely N-dealkylation sites (tertiary alicyclic amines) is 1. The Morgan fingerprint density at radius 3 is 2.61 bits per heavy atom. The lowest BCUT2D eigenvalue weighted by Gasteiger charge is -2.23. The molecule has 1 saturated heterocycles. The average Bonchev–Trinajstić information content (AvgIpc) is 3.33. The molecule has 1 amide bonds. The fourth-order valence-corrected chi connectivity index (χ4v) is 4.56. The van der Waals surface area contributed by atoms with Gasteiger partial charge in [0.2, 0.25) is 5.91 Å². The quantitative estimate of drug-likeness (QED) is 0.383. The number of nitrogens with zero attached hydrogens (tertiary/aromatic N) is 5. The van der Waals surface area contributed by atoms with E-state index in [1.165, 1.54) is 30.7 Å². The van der Waals surface area contributed by atoms with Crippen LogP contribution in [-0.4, -0.2) is 74.2 Å². The molecule has 3 N–H and O–H groups in total. The van der Waals surface area contributed by atoms with Gasteiger partial charge in [-0.05, 0) is 24.0 Å². The van der Waals surface area contributed by atoms with Crippen LogP contribution in [0.1, 0.15) is 16.1 Å². The molecule has 14 heteroatoms. The van der Waals surface area contributed by atoms with Gasteiger partial charge in [0, 0.05) is 32.4 Å². The minimum Gasteiger partial charge on any atom is -0.658 e. The van der Waals surface area contributed by atoms with Gasteiger partial charge in [-0.3, -0.25) is 14.4 Å². The number of imidazole rings is 1. The number of aryl methyl sites for hydroxylation is 1. The Hall–Kier alpha value is -3.91. The molecule has 38 heavy (non-hydrogen) atoms. The number of anilines is 1. The van der Waals surface area contributed by atoms with E-state index in [0.717, 1.165) is 13.1 Å². The van der Waals surface area contributed by atoms with Crippen molar-refractivity contribution in [1.29, 1.82) is 0 Å². The summed E-state index contributed by atoms with van der Waals surface area (Å²) >= 11 is 0. The van der Waals surface area contributed by atoms with Gasteiger partial charge in [0.15, 0.2) is 5.82 Å². The summed E-state index contributed by atoms with van der Waals surface area (Å²) in [6.45, 7) is 3.14. The molecule has 0 bridgehead atoms. The van der Waals surface area contributed by atoms with Crippen LogP contribution in [-0.2, 0) is 18.4 Å². The summed E-state index contributed by atoms with van der Waals surface area (Å²) in [5.41, 5.74) is 0.806. The molecule has 2 aromatic heterocycles. The highest BCUT2D eigenvalue weighted by molar-refractivity contribution is 5.91. The van der Waals surface area contributed by atoms with E-state index in [9.17, 15) is 22.8 Å². The number of aromatic amines is 1. The van der Waals surface area contributed by atoms with Crippen molar-refractivity contribution >= 4 is 17.7 Å². The predicted molar refractivity (Wildman–Crippen MR) is 129 cm³/mol. The Labute approximate surface area is 216 Å². The van der Waals surface area contributed by atoms with Crippen molar-refractivity contribution in [2.45, 2.75) is 12.9 Å². The summed E-state index contributed by atoms with van der Waals surface area (Å²) in [6.07, 6.45) is -0.345. The number of alkyl halides is 3. The Morgan fingerprint density at radius 2 is 2.03 bits per heavy atom. The molecular formula is C24H27F3N7O4-. The van der Waals surface area contributed by atoms with Crippen LogP contribution in [0.15, 0.2) is 49.1 Å². The molecule has 0 spiro atoms. The highest BCUT2D eigenvalue weighted by atomic mass is 19.4. The topological polar surface area (TPSA) is 139 Å². The van der Waals surface area contributed by atoms with Gasteiger partial charge < -0.3 is 25.5 Å². The van der Waals surface area contributed by atoms with E-state index in [-0.39, 0.29) is 17.4 Å². The molecule has 2 unspecified atom stereocenters. The van der Waals surface area contributed by atoms with Crippen molar-refractivity contribution in [2.24, 2.45) is 24.8 Å². The zero-order valence-electron chi connectivity index (χ0n) is 20.4. The number of aromatic carboxylic acids is 1. The van der Waals surface area contributed by atoms with E-state index < -0.39 is 12.3 Å². The van der Waals surface area contributed by atoms with E-state index >= 15 is 0 Å².